The molecule has 5 nitrogen and oxygen atoms in total. The summed E-state index contributed by atoms with van der Waals surface area (Å²) in [5, 5.41) is 4.15. The van der Waals surface area contributed by atoms with Crippen LogP contribution in [0.2, 0.25) is 0 Å². The summed E-state index contributed by atoms with van der Waals surface area (Å²) in [4.78, 5) is 13.9. The molecule has 3 aromatic rings. The lowest BCUT2D eigenvalue weighted by Crippen LogP contribution is -2.51. The lowest BCUT2D eigenvalue weighted by atomic mass is 9.99. The van der Waals surface area contributed by atoms with Crippen molar-refractivity contribution in [2.75, 3.05) is 26.3 Å². The minimum absolute atomic E-state index is 0.0789. The van der Waals surface area contributed by atoms with Crippen LogP contribution in [-0.2, 0) is 4.74 Å². The van der Waals surface area contributed by atoms with Gasteiger partial charge in [0.25, 0.3) is 0 Å². The molecular weight excluding hydrogens is 451 g/mol. The fraction of sp³-hybridized carbons (Fsp3) is 0.259. The molecule has 0 amide bonds. The summed E-state index contributed by atoms with van der Waals surface area (Å²) in [6.07, 6.45) is -0.245. The third-order valence-electron chi connectivity index (χ3n) is 5.71. The highest BCUT2D eigenvalue weighted by Crippen LogP contribution is 2.23. The van der Waals surface area contributed by atoms with Gasteiger partial charge in [-0.15, -0.1) is 0 Å². The lowest BCUT2D eigenvalue weighted by molar-refractivity contribution is -0.0290. The third kappa shape index (κ3) is 5.98. The van der Waals surface area contributed by atoms with E-state index in [4.69, 9.17) is 21.7 Å². The van der Waals surface area contributed by atoms with Crippen molar-refractivity contribution in [3.05, 3.63) is 101 Å². The maximum atomic E-state index is 13.5. The smallest absolute Gasteiger partial charge is 0.169 e. The van der Waals surface area contributed by atoms with E-state index >= 15 is 0 Å². The minimum atomic E-state index is -0.472. The first-order valence-corrected chi connectivity index (χ1v) is 11.6. The second kappa shape index (κ2) is 11.2. The van der Waals surface area contributed by atoms with E-state index in [2.05, 4.69) is 34.5 Å². The van der Waals surface area contributed by atoms with Gasteiger partial charge in [0.15, 0.2) is 10.9 Å². The summed E-state index contributed by atoms with van der Waals surface area (Å²) in [7, 11) is 0. The molecule has 0 aliphatic carbocycles. The Kier molecular flexibility index (Phi) is 7.87. The zero-order valence-electron chi connectivity index (χ0n) is 18.9. The van der Waals surface area contributed by atoms with Gasteiger partial charge in [0.1, 0.15) is 24.3 Å². The first kappa shape index (κ1) is 23.9. The van der Waals surface area contributed by atoms with Gasteiger partial charge >= 0.3 is 0 Å². The molecule has 3 aromatic carbocycles. The molecule has 0 bridgehead atoms. The number of benzene rings is 3. The number of hydrogen-bond acceptors (Lipinski definition) is 4. The number of Topliss-reactive ketones (excluding diaryl/α,β-unsaturated/α-hetero) is 1. The van der Waals surface area contributed by atoms with E-state index < -0.39 is 5.82 Å². The minimum Gasteiger partial charge on any atom is -0.490 e. The summed E-state index contributed by atoms with van der Waals surface area (Å²) in [6, 6.07) is 24.3. The number of nitrogens with one attached hydrogen (secondary N) is 1. The van der Waals surface area contributed by atoms with E-state index in [-0.39, 0.29) is 30.1 Å². The quantitative estimate of drug-likeness (QED) is 0.390. The maximum Gasteiger partial charge on any atom is 0.169 e. The Bertz CT molecular complexity index is 1090. The molecule has 4 rings (SSSR count). The van der Waals surface area contributed by atoms with E-state index in [1.54, 1.807) is 0 Å². The molecule has 1 saturated heterocycles. The summed E-state index contributed by atoms with van der Waals surface area (Å²) in [6.45, 7) is 3.32. The van der Waals surface area contributed by atoms with Crippen LogP contribution in [0.3, 0.4) is 0 Å². The van der Waals surface area contributed by atoms with Crippen molar-refractivity contribution in [2.45, 2.75) is 19.1 Å². The largest absolute Gasteiger partial charge is 0.490 e. The molecule has 34 heavy (non-hydrogen) atoms. The molecule has 1 atom stereocenters. The molecule has 0 saturated carbocycles. The van der Waals surface area contributed by atoms with E-state index in [0.717, 1.165) is 11.1 Å². The molecule has 1 unspecified atom stereocenters. The molecule has 0 aromatic heterocycles. The molecule has 1 aliphatic rings. The molecule has 176 valence electrons. The van der Waals surface area contributed by atoms with Crippen LogP contribution in [0.15, 0.2) is 78.9 Å². The first-order chi connectivity index (χ1) is 16.5. The fourth-order valence-electron chi connectivity index (χ4n) is 3.96. The summed E-state index contributed by atoms with van der Waals surface area (Å²) in [5.41, 5.74) is 2.47. The average molecular weight is 479 g/mol. The Morgan fingerprint density at radius 3 is 2.38 bits per heavy atom. The van der Waals surface area contributed by atoms with Crippen LogP contribution in [-0.4, -0.2) is 48.2 Å². The summed E-state index contributed by atoms with van der Waals surface area (Å²) in [5.74, 6) is -0.372. The van der Waals surface area contributed by atoms with Crippen LogP contribution >= 0.6 is 12.2 Å². The number of morpholine rings is 1. The molecule has 7 heteroatoms. The van der Waals surface area contributed by atoms with Gasteiger partial charge in [-0.1, -0.05) is 60.7 Å². The van der Waals surface area contributed by atoms with Crippen molar-refractivity contribution < 1.29 is 18.7 Å². The SMILES string of the molecule is CC(=O)c1cc(F)ccc1OCC1CN(C(=S)NC(c2ccccc2)c2ccccc2)CCO1. The molecular formula is C27H27FN2O3S. The highest BCUT2D eigenvalue weighted by molar-refractivity contribution is 7.80. The molecule has 1 N–H and O–H groups in total. The molecule has 0 radical (unpaired) electrons. The third-order valence-corrected chi connectivity index (χ3v) is 6.08. The van der Waals surface area contributed by atoms with Gasteiger partial charge in [-0.25, -0.2) is 4.39 Å². The highest BCUT2D eigenvalue weighted by Gasteiger charge is 2.25. The monoisotopic (exact) mass is 478 g/mol. The van der Waals surface area contributed by atoms with E-state index in [0.29, 0.717) is 30.6 Å². The first-order valence-electron chi connectivity index (χ1n) is 11.2. The predicted octanol–water partition coefficient (Wildman–Crippen LogP) is 4.77. The van der Waals surface area contributed by atoms with Crippen molar-refractivity contribution in [1.82, 2.24) is 10.2 Å². The number of thiocarbonyl (C=S) groups is 1. The number of ether oxygens (including phenoxy) is 2. The van der Waals surface area contributed by atoms with Gasteiger partial charge in [0.05, 0.1) is 18.2 Å². The van der Waals surface area contributed by atoms with E-state index in [1.165, 1.54) is 25.1 Å². The maximum absolute atomic E-state index is 13.5. The number of carbonyl (C=O) groups excluding carboxylic acids is 1. The predicted molar refractivity (Wildman–Crippen MR) is 134 cm³/mol. The highest BCUT2D eigenvalue weighted by atomic mass is 32.1. The van der Waals surface area contributed by atoms with Crippen LogP contribution in [0, 0.1) is 5.82 Å². The molecule has 1 aliphatic heterocycles. The van der Waals surface area contributed by atoms with Crippen LogP contribution in [0.4, 0.5) is 4.39 Å². The summed E-state index contributed by atoms with van der Waals surface area (Å²) < 4.78 is 25.2. The van der Waals surface area contributed by atoms with Gasteiger partial charge in [-0.3, -0.25) is 4.79 Å². The van der Waals surface area contributed by atoms with E-state index in [1.807, 2.05) is 36.4 Å². The Balaban J connectivity index is 1.41. The zero-order chi connectivity index (χ0) is 23.9. The van der Waals surface area contributed by atoms with Crippen LogP contribution in [0.1, 0.15) is 34.5 Å². The van der Waals surface area contributed by atoms with E-state index in [9.17, 15) is 9.18 Å². The van der Waals surface area contributed by atoms with Crippen molar-refractivity contribution in [1.29, 1.82) is 0 Å². The standard InChI is InChI=1S/C27H27FN2O3S/c1-19(31)24-16-22(28)12-13-25(24)33-18-23-17-30(14-15-32-23)27(34)29-26(20-8-4-2-5-9-20)21-10-6-3-7-11-21/h2-13,16,23,26H,14-15,17-18H2,1H3,(H,29,34). The number of carbonyl (C=O) groups is 1. The number of halogens is 1. The lowest BCUT2D eigenvalue weighted by Gasteiger charge is -2.36. The number of rotatable bonds is 7. The Morgan fingerprint density at radius 1 is 1.12 bits per heavy atom. The number of ketones is 1. The normalized spacial score (nSPS) is 15.7. The van der Waals surface area contributed by atoms with Crippen LogP contribution < -0.4 is 10.1 Å². The zero-order valence-corrected chi connectivity index (χ0v) is 19.8. The van der Waals surface area contributed by atoms with Gasteiger partial charge in [0.2, 0.25) is 0 Å². The fourth-order valence-corrected chi connectivity index (χ4v) is 4.24. The molecule has 0 spiro atoms. The van der Waals surface area contributed by atoms with Crippen molar-refractivity contribution in [3.8, 4) is 5.75 Å². The van der Waals surface area contributed by atoms with Gasteiger partial charge in [-0.05, 0) is 48.5 Å². The number of nitrogens with zero attached hydrogens (tertiary/aromatic N) is 1. The Morgan fingerprint density at radius 2 is 1.76 bits per heavy atom. The number of hydrogen-bond donors (Lipinski definition) is 1. The van der Waals surface area contributed by atoms with Crippen molar-refractivity contribution >= 4 is 23.1 Å². The van der Waals surface area contributed by atoms with Crippen molar-refractivity contribution in [3.63, 3.8) is 0 Å². The topological polar surface area (TPSA) is 50.8 Å². The second-order valence-corrected chi connectivity index (χ2v) is 8.54. The Hall–Kier alpha value is -3.29. The van der Waals surface area contributed by atoms with Gasteiger partial charge in [0, 0.05) is 13.1 Å². The van der Waals surface area contributed by atoms with Gasteiger partial charge in [-0.2, -0.15) is 0 Å². The molecule has 1 heterocycles. The average Bonchev–Trinajstić information content (AvgIpc) is 2.87. The summed E-state index contributed by atoms with van der Waals surface area (Å²) >= 11 is 5.78. The molecule has 1 fully saturated rings. The van der Waals surface area contributed by atoms with Crippen LogP contribution in [0.25, 0.3) is 0 Å². The van der Waals surface area contributed by atoms with Crippen LogP contribution in [0.5, 0.6) is 5.75 Å². The Labute approximate surface area is 204 Å². The second-order valence-electron chi connectivity index (χ2n) is 8.15. The van der Waals surface area contributed by atoms with Gasteiger partial charge < -0.3 is 19.7 Å². The van der Waals surface area contributed by atoms with Crippen molar-refractivity contribution in [2.24, 2.45) is 0 Å².